The van der Waals surface area contributed by atoms with Gasteiger partial charge in [0.15, 0.2) is 0 Å². The van der Waals surface area contributed by atoms with Crippen molar-refractivity contribution in [1.82, 2.24) is 14.0 Å². The number of fused-ring (bicyclic) bond motifs is 6. The van der Waals surface area contributed by atoms with Crippen molar-refractivity contribution >= 4 is 95.2 Å². The molecule has 13 heteroatoms. The third-order valence-electron chi connectivity index (χ3n) is 10.7. The molecular weight excluding hydrogens is 873 g/mol. The maximum atomic E-state index is 12.7. The van der Waals surface area contributed by atoms with E-state index in [1.807, 2.05) is 32.2 Å². The molecule has 2 aromatic heterocycles. The Kier molecular flexibility index (Phi) is 25.4. The second kappa shape index (κ2) is 29.7. The van der Waals surface area contributed by atoms with Crippen molar-refractivity contribution < 1.29 is 38.1 Å². The van der Waals surface area contributed by atoms with Crippen LogP contribution in [0.5, 0.6) is 0 Å². The number of ether oxygens (including phenoxy) is 4. The number of rotatable bonds is 19. The fraction of sp³-hybridized carbons (Fsp3) is 0.358. The number of halogens is 1. The molecular formula is C53H68ClN3O8P-. The van der Waals surface area contributed by atoms with E-state index < -0.39 is 23.3 Å². The van der Waals surface area contributed by atoms with Crippen molar-refractivity contribution in [3.05, 3.63) is 129 Å². The first kappa shape index (κ1) is 56.4. The van der Waals surface area contributed by atoms with Crippen LogP contribution in [0.15, 0.2) is 129 Å². The van der Waals surface area contributed by atoms with Gasteiger partial charge in [-0.2, -0.15) is 0 Å². The smallest absolute Gasteiger partial charge is 0.330 e. The summed E-state index contributed by atoms with van der Waals surface area (Å²) in [6, 6.07) is 33.7. The minimum Gasteiger partial charge on any atom is -0.577 e. The molecule has 6 aromatic rings. The van der Waals surface area contributed by atoms with Gasteiger partial charge in [0.2, 0.25) is 0 Å². The number of carbonyl (C=O) groups is 4. The lowest BCUT2D eigenvalue weighted by Crippen LogP contribution is -2.31. The van der Waals surface area contributed by atoms with Gasteiger partial charge in [-0.15, -0.1) is 11.6 Å². The maximum Gasteiger partial charge on any atom is 0.330 e. The molecule has 0 aliphatic carbocycles. The van der Waals surface area contributed by atoms with Gasteiger partial charge in [0.05, 0.1) is 22.9 Å². The highest BCUT2D eigenvalue weighted by molar-refractivity contribution is 6.92. The van der Waals surface area contributed by atoms with Gasteiger partial charge in [0.25, 0.3) is 0 Å². The SMILES string of the molecule is C=CC(=O)OCCOC(=O)C(C)(C)CC(CC)n1c2ccccc2c2ccccc21.C=CC(=O)OCCOC(=O)CCCl.C=Cn1c2ccccc2c2ccccc21.CCN(CC)CC.[PH2-]. The zero-order valence-electron chi connectivity index (χ0n) is 39.5. The highest BCUT2D eigenvalue weighted by atomic mass is 35.5. The van der Waals surface area contributed by atoms with Crippen LogP contribution in [-0.4, -0.2) is 89.9 Å². The highest BCUT2D eigenvalue weighted by Gasteiger charge is 2.33. The zero-order chi connectivity index (χ0) is 47.8. The van der Waals surface area contributed by atoms with E-state index in [9.17, 15) is 19.2 Å². The largest absolute Gasteiger partial charge is 0.577 e. The Bertz CT molecular complexity index is 2380. The van der Waals surface area contributed by atoms with Gasteiger partial charge in [-0.3, -0.25) is 9.59 Å². The molecule has 356 valence electrons. The molecule has 0 amide bonds. The van der Waals surface area contributed by atoms with Gasteiger partial charge < -0.3 is 42.9 Å². The predicted molar refractivity (Wildman–Crippen MR) is 276 cm³/mol. The molecule has 0 aliphatic rings. The Morgan fingerprint density at radius 3 is 1.36 bits per heavy atom. The third-order valence-corrected chi connectivity index (χ3v) is 10.9. The Labute approximate surface area is 398 Å². The lowest BCUT2D eigenvalue weighted by atomic mass is 9.84. The van der Waals surface area contributed by atoms with Crippen LogP contribution in [-0.2, 0) is 38.1 Å². The summed E-state index contributed by atoms with van der Waals surface area (Å²) in [7, 11) is 0. The second-order valence-electron chi connectivity index (χ2n) is 15.3. The van der Waals surface area contributed by atoms with Gasteiger partial charge >= 0.3 is 23.9 Å². The quantitative estimate of drug-likeness (QED) is 0.0195. The number of esters is 4. The number of hydrogen-bond donors (Lipinski definition) is 0. The summed E-state index contributed by atoms with van der Waals surface area (Å²) < 4.78 is 23.9. The molecule has 2 heterocycles. The van der Waals surface area contributed by atoms with Crippen LogP contribution < -0.4 is 0 Å². The topological polar surface area (TPSA) is 118 Å². The molecule has 0 spiro atoms. The van der Waals surface area contributed by atoms with Gasteiger partial charge in [-0.1, -0.05) is 120 Å². The molecule has 0 N–H and O–H groups in total. The Morgan fingerprint density at radius 2 is 1.00 bits per heavy atom. The van der Waals surface area contributed by atoms with Gasteiger partial charge in [0.1, 0.15) is 26.4 Å². The van der Waals surface area contributed by atoms with Crippen LogP contribution in [0.3, 0.4) is 0 Å². The summed E-state index contributed by atoms with van der Waals surface area (Å²) in [4.78, 5) is 47.4. The average molecular weight is 942 g/mol. The summed E-state index contributed by atoms with van der Waals surface area (Å²) >= 11 is 5.28. The third kappa shape index (κ3) is 16.3. The Hall–Kier alpha value is -5.74. The molecule has 4 aromatic carbocycles. The number of carbonyl (C=O) groups excluding carboxylic acids is 4. The van der Waals surface area contributed by atoms with E-state index in [0.29, 0.717) is 6.42 Å². The van der Waals surface area contributed by atoms with Crippen molar-refractivity contribution in [2.45, 2.75) is 66.8 Å². The molecule has 0 saturated carbocycles. The zero-order valence-corrected chi connectivity index (χ0v) is 41.4. The van der Waals surface area contributed by atoms with Crippen molar-refractivity contribution in [3.63, 3.8) is 0 Å². The normalized spacial score (nSPS) is 11.1. The molecule has 1 atom stereocenters. The van der Waals surface area contributed by atoms with Crippen LogP contribution in [0.2, 0.25) is 0 Å². The van der Waals surface area contributed by atoms with E-state index in [4.69, 9.17) is 21.1 Å². The van der Waals surface area contributed by atoms with Gasteiger partial charge in [-0.25, -0.2) is 9.59 Å². The van der Waals surface area contributed by atoms with Gasteiger partial charge in [-0.05, 0) is 70.6 Å². The number of benzene rings is 4. The summed E-state index contributed by atoms with van der Waals surface area (Å²) in [6.45, 7) is 26.6. The summed E-state index contributed by atoms with van der Waals surface area (Å²) in [5.74, 6) is -1.53. The number of nitrogens with zero attached hydrogens (tertiary/aromatic N) is 3. The minimum absolute atomic E-state index is 0. The van der Waals surface area contributed by atoms with Crippen molar-refractivity contribution in [2.75, 3.05) is 51.9 Å². The molecule has 1 unspecified atom stereocenters. The molecule has 66 heavy (non-hydrogen) atoms. The first-order chi connectivity index (χ1) is 31.3. The maximum absolute atomic E-state index is 12.7. The fourth-order valence-electron chi connectivity index (χ4n) is 7.29. The van der Waals surface area contributed by atoms with Crippen LogP contribution in [0, 0.1) is 5.41 Å². The minimum atomic E-state index is -0.685. The lowest BCUT2D eigenvalue weighted by Gasteiger charge is -2.29. The molecule has 0 aliphatic heterocycles. The van der Waals surface area contributed by atoms with Crippen LogP contribution in [0.1, 0.15) is 66.8 Å². The van der Waals surface area contributed by atoms with E-state index in [2.05, 4.69) is 156 Å². The molecule has 0 radical (unpaired) electrons. The van der Waals surface area contributed by atoms with E-state index in [0.717, 1.165) is 18.6 Å². The van der Waals surface area contributed by atoms with Crippen molar-refractivity contribution in [3.8, 4) is 0 Å². The summed E-state index contributed by atoms with van der Waals surface area (Å²) in [6.07, 6.45) is 5.68. The molecule has 11 nitrogen and oxygen atoms in total. The monoisotopic (exact) mass is 940 g/mol. The Balaban J connectivity index is 0.000000346. The van der Waals surface area contributed by atoms with Crippen LogP contribution in [0.25, 0.3) is 49.8 Å². The average Bonchev–Trinajstić information content (AvgIpc) is 3.84. The summed E-state index contributed by atoms with van der Waals surface area (Å²) in [5, 5.41) is 5.01. The summed E-state index contributed by atoms with van der Waals surface area (Å²) in [5.41, 5.74) is 4.09. The molecule has 0 fully saturated rings. The standard InChI is InChI=1S/C25H29NO4.C14H11N.C8H11ClO4.C6H15N.H2P/c1-5-18(17-25(3,4)24(28)30-16-15-29-23(27)6-2)26-21-13-9-7-11-19(21)20-12-8-10-14-22(20)26;1-2-15-13-9-5-3-7-11(13)12-8-4-6-10-14(12)15;1-2-7(10)12-5-6-13-8(11)3-4-9;1-4-7(5-2)6-3;/h6-14,18H,2,5,15-17H2,1,3-4H3;2-10H,1H2;2H,1,3-6H2;4-6H2,1-3H3;1H2/q;;;;-1. The van der Waals surface area contributed by atoms with Crippen molar-refractivity contribution in [2.24, 2.45) is 5.41 Å². The Morgan fingerprint density at radius 1 is 0.621 bits per heavy atom. The van der Waals surface area contributed by atoms with Gasteiger partial charge in [0, 0.05) is 62.9 Å². The molecule has 6 rings (SSSR count). The first-order valence-electron chi connectivity index (χ1n) is 22.1. The van der Waals surface area contributed by atoms with E-state index in [-0.39, 0.29) is 60.6 Å². The van der Waals surface area contributed by atoms with Crippen LogP contribution >= 0.6 is 21.5 Å². The van der Waals surface area contributed by atoms with Crippen LogP contribution in [0.4, 0.5) is 0 Å². The fourth-order valence-corrected chi connectivity index (χ4v) is 7.45. The number of hydrogen-bond acceptors (Lipinski definition) is 9. The highest BCUT2D eigenvalue weighted by Crippen LogP contribution is 2.38. The number of aromatic nitrogens is 2. The second-order valence-corrected chi connectivity index (χ2v) is 15.7. The molecule has 0 saturated heterocycles. The molecule has 0 bridgehead atoms. The number of para-hydroxylation sites is 4. The first-order valence-corrected chi connectivity index (χ1v) is 22.7. The van der Waals surface area contributed by atoms with E-state index in [1.54, 1.807) is 0 Å². The predicted octanol–water partition coefficient (Wildman–Crippen LogP) is 11.9. The van der Waals surface area contributed by atoms with Crippen molar-refractivity contribution in [1.29, 1.82) is 0 Å². The van der Waals surface area contributed by atoms with E-state index in [1.165, 1.54) is 63.2 Å². The lowest BCUT2D eigenvalue weighted by molar-refractivity contribution is -0.158. The van der Waals surface area contributed by atoms with E-state index >= 15 is 0 Å². The number of alkyl halides is 1.